The van der Waals surface area contributed by atoms with Crippen molar-refractivity contribution < 1.29 is 19.1 Å². The molecule has 4 rings (SSSR count). The second kappa shape index (κ2) is 10.8. The Morgan fingerprint density at radius 2 is 1.53 bits per heavy atom. The SMILES string of the molecule is CCOc1ccc(Oc2ccccc2NC(=O)c2cccc(NC(=O)c3cccnc3)c2)cc1. The van der Waals surface area contributed by atoms with Gasteiger partial charge in [-0.1, -0.05) is 18.2 Å². The van der Waals surface area contributed by atoms with Crippen molar-refractivity contribution in [1.82, 2.24) is 4.98 Å². The van der Waals surface area contributed by atoms with Crippen LogP contribution < -0.4 is 20.1 Å². The molecule has 0 aliphatic rings. The highest BCUT2D eigenvalue weighted by Gasteiger charge is 2.12. The van der Waals surface area contributed by atoms with Gasteiger partial charge in [0, 0.05) is 23.6 Å². The monoisotopic (exact) mass is 453 g/mol. The van der Waals surface area contributed by atoms with Crippen molar-refractivity contribution in [2.45, 2.75) is 6.92 Å². The molecule has 0 saturated heterocycles. The molecule has 7 heteroatoms. The number of rotatable bonds is 8. The number of benzene rings is 3. The largest absolute Gasteiger partial charge is 0.494 e. The Morgan fingerprint density at radius 1 is 0.794 bits per heavy atom. The second-order valence-electron chi connectivity index (χ2n) is 7.23. The minimum Gasteiger partial charge on any atom is -0.494 e. The summed E-state index contributed by atoms with van der Waals surface area (Å²) in [6.07, 6.45) is 3.08. The molecule has 0 aliphatic carbocycles. The number of carbonyl (C=O) groups excluding carboxylic acids is 2. The van der Waals surface area contributed by atoms with Crippen LogP contribution in [0.25, 0.3) is 0 Å². The predicted octanol–water partition coefficient (Wildman–Crippen LogP) is 5.78. The van der Waals surface area contributed by atoms with E-state index in [0.29, 0.717) is 40.6 Å². The summed E-state index contributed by atoms with van der Waals surface area (Å²) >= 11 is 0. The van der Waals surface area contributed by atoms with E-state index in [1.165, 1.54) is 6.20 Å². The first-order chi connectivity index (χ1) is 16.6. The van der Waals surface area contributed by atoms with Gasteiger partial charge in [-0.3, -0.25) is 14.6 Å². The van der Waals surface area contributed by atoms with Crippen LogP contribution in [0.1, 0.15) is 27.6 Å². The van der Waals surface area contributed by atoms with E-state index in [1.807, 2.05) is 31.2 Å². The van der Waals surface area contributed by atoms with Crippen LogP contribution >= 0.6 is 0 Å². The molecule has 1 aromatic heterocycles. The van der Waals surface area contributed by atoms with Crippen LogP contribution in [-0.4, -0.2) is 23.4 Å². The number of para-hydroxylation sites is 2. The summed E-state index contributed by atoms with van der Waals surface area (Å²) in [5.41, 5.74) is 1.84. The zero-order valence-corrected chi connectivity index (χ0v) is 18.5. The van der Waals surface area contributed by atoms with Gasteiger partial charge in [-0.05, 0) is 73.7 Å². The van der Waals surface area contributed by atoms with Crippen molar-refractivity contribution >= 4 is 23.2 Å². The molecule has 0 radical (unpaired) electrons. The van der Waals surface area contributed by atoms with Gasteiger partial charge in [0.25, 0.3) is 11.8 Å². The van der Waals surface area contributed by atoms with Gasteiger partial charge in [-0.2, -0.15) is 0 Å². The van der Waals surface area contributed by atoms with Gasteiger partial charge < -0.3 is 20.1 Å². The molecule has 0 atom stereocenters. The van der Waals surface area contributed by atoms with Crippen LogP contribution in [0.5, 0.6) is 17.2 Å². The zero-order valence-electron chi connectivity index (χ0n) is 18.5. The van der Waals surface area contributed by atoms with Gasteiger partial charge >= 0.3 is 0 Å². The third-order valence-corrected chi connectivity index (χ3v) is 4.80. The molecule has 2 amide bonds. The summed E-state index contributed by atoms with van der Waals surface area (Å²) in [6, 6.07) is 24.5. The molecular formula is C27H23N3O4. The van der Waals surface area contributed by atoms with Crippen molar-refractivity contribution in [3.8, 4) is 17.2 Å². The Bertz CT molecular complexity index is 1270. The maximum absolute atomic E-state index is 12.9. The van der Waals surface area contributed by atoms with Crippen LogP contribution in [0.15, 0.2) is 97.3 Å². The molecule has 34 heavy (non-hydrogen) atoms. The number of ether oxygens (including phenoxy) is 2. The van der Waals surface area contributed by atoms with Crippen molar-refractivity contribution in [2.24, 2.45) is 0 Å². The van der Waals surface area contributed by atoms with E-state index in [2.05, 4.69) is 15.6 Å². The number of amides is 2. The lowest BCUT2D eigenvalue weighted by Crippen LogP contribution is -2.15. The predicted molar refractivity (Wildman–Crippen MR) is 131 cm³/mol. The summed E-state index contributed by atoms with van der Waals surface area (Å²) < 4.78 is 11.4. The highest BCUT2D eigenvalue weighted by atomic mass is 16.5. The first-order valence-electron chi connectivity index (χ1n) is 10.7. The Labute approximate surface area is 197 Å². The standard InChI is InChI=1S/C27H23N3O4/c1-2-33-22-12-14-23(15-13-22)34-25-11-4-3-10-24(25)30-26(31)19-7-5-9-21(17-19)29-27(32)20-8-6-16-28-18-20/h3-18H,2H2,1H3,(H,29,32)(H,30,31). The molecule has 4 aromatic rings. The molecule has 0 aliphatic heterocycles. The summed E-state index contributed by atoms with van der Waals surface area (Å²) in [6.45, 7) is 2.51. The Morgan fingerprint density at radius 3 is 2.29 bits per heavy atom. The normalized spacial score (nSPS) is 10.3. The van der Waals surface area contributed by atoms with E-state index in [9.17, 15) is 9.59 Å². The summed E-state index contributed by atoms with van der Waals surface area (Å²) in [5, 5.41) is 5.66. The van der Waals surface area contributed by atoms with Crippen molar-refractivity contribution in [1.29, 1.82) is 0 Å². The molecule has 0 unspecified atom stereocenters. The number of pyridine rings is 1. The minimum atomic E-state index is -0.333. The highest BCUT2D eigenvalue weighted by Crippen LogP contribution is 2.30. The summed E-state index contributed by atoms with van der Waals surface area (Å²) in [7, 11) is 0. The van der Waals surface area contributed by atoms with E-state index >= 15 is 0 Å². The number of hydrogen-bond donors (Lipinski definition) is 2. The molecule has 3 aromatic carbocycles. The lowest BCUT2D eigenvalue weighted by molar-refractivity contribution is 0.101. The molecule has 170 valence electrons. The molecule has 0 bridgehead atoms. The molecular weight excluding hydrogens is 430 g/mol. The smallest absolute Gasteiger partial charge is 0.257 e. The molecule has 1 heterocycles. The van der Waals surface area contributed by atoms with Gasteiger partial charge in [0.15, 0.2) is 5.75 Å². The lowest BCUT2D eigenvalue weighted by Gasteiger charge is -2.13. The van der Waals surface area contributed by atoms with Crippen LogP contribution in [0.3, 0.4) is 0 Å². The average molecular weight is 453 g/mol. The third-order valence-electron chi connectivity index (χ3n) is 4.80. The summed E-state index contributed by atoms with van der Waals surface area (Å²) in [4.78, 5) is 29.3. The number of nitrogens with zero attached hydrogens (tertiary/aromatic N) is 1. The summed E-state index contributed by atoms with van der Waals surface area (Å²) in [5.74, 6) is 1.23. The first-order valence-corrected chi connectivity index (χ1v) is 10.7. The Balaban J connectivity index is 1.46. The topological polar surface area (TPSA) is 89.5 Å². The third kappa shape index (κ3) is 5.77. The number of nitrogens with one attached hydrogen (secondary N) is 2. The number of hydrogen-bond acceptors (Lipinski definition) is 5. The van der Waals surface area contributed by atoms with Crippen molar-refractivity contribution in [3.63, 3.8) is 0 Å². The van der Waals surface area contributed by atoms with E-state index in [0.717, 1.165) is 5.75 Å². The fourth-order valence-electron chi connectivity index (χ4n) is 3.19. The first kappa shape index (κ1) is 22.5. The maximum atomic E-state index is 12.9. The molecule has 7 nitrogen and oxygen atoms in total. The van der Waals surface area contributed by atoms with E-state index in [4.69, 9.17) is 9.47 Å². The maximum Gasteiger partial charge on any atom is 0.257 e. The van der Waals surface area contributed by atoms with Crippen LogP contribution in [0.4, 0.5) is 11.4 Å². The fraction of sp³-hybridized carbons (Fsp3) is 0.0741. The second-order valence-corrected chi connectivity index (χ2v) is 7.23. The van der Waals surface area contributed by atoms with Crippen molar-refractivity contribution in [2.75, 3.05) is 17.2 Å². The van der Waals surface area contributed by atoms with E-state index < -0.39 is 0 Å². The van der Waals surface area contributed by atoms with E-state index in [-0.39, 0.29) is 11.8 Å². The van der Waals surface area contributed by atoms with Crippen LogP contribution in [-0.2, 0) is 0 Å². The number of anilines is 2. The van der Waals surface area contributed by atoms with Crippen LogP contribution in [0.2, 0.25) is 0 Å². The Kier molecular flexibility index (Phi) is 7.15. The van der Waals surface area contributed by atoms with Gasteiger partial charge in [-0.25, -0.2) is 0 Å². The quantitative estimate of drug-likeness (QED) is 0.353. The van der Waals surface area contributed by atoms with Gasteiger partial charge in [0.2, 0.25) is 0 Å². The minimum absolute atomic E-state index is 0.306. The fourth-order valence-corrected chi connectivity index (χ4v) is 3.19. The molecule has 0 spiro atoms. The number of carbonyl (C=O) groups is 2. The zero-order chi connectivity index (χ0) is 23.8. The average Bonchev–Trinajstić information content (AvgIpc) is 2.87. The van der Waals surface area contributed by atoms with Crippen LogP contribution in [0, 0.1) is 0 Å². The van der Waals surface area contributed by atoms with E-state index in [1.54, 1.807) is 66.9 Å². The molecule has 0 fully saturated rings. The molecule has 2 N–H and O–H groups in total. The van der Waals surface area contributed by atoms with Gasteiger partial charge in [0.05, 0.1) is 17.9 Å². The van der Waals surface area contributed by atoms with Crippen molar-refractivity contribution in [3.05, 3.63) is 108 Å². The molecule has 0 saturated carbocycles. The lowest BCUT2D eigenvalue weighted by atomic mass is 10.1. The highest BCUT2D eigenvalue weighted by molar-refractivity contribution is 6.07. The van der Waals surface area contributed by atoms with Gasteiger partial charge in [0.1, 0.15) is 11.5 Å². The van der Waals surface area contributed by atoms with Gasteiger partial charge in [-0.15, -0.1) is 0 Å². The number of aromatic nitrogens is 1. The Hall–Kier alpha value is -4.65.